The summed E-state index contributed by atoms with van der Waals surface area (Å²) in [7, 11) is -3.67. The molecule has 8 heteroatoms. The standard InChI is InChI=1S/C21H26N2O5S/c1-21(20(24)22-25,29(2,26)27)10-13-23-11-7-18(8-12-23)16-3-5-17(6-4-16)19-9-14-28-15-19/h3-7,9,14-15,25H,8,10-13H2,1-2H3,(H,22,24). The Morgan fingerprint density at radius 1 is 1.21 bits per heavy atom. The molecule has 1 aromatic heterocycles. The normalized spacial score (nSPS) is 17.4. The van der Waals surface area contributed by atoms with Gasteiger partial charge in [-0.1, -0.05) is 30.3 Å². The van der Waals surface area contributed by atoms with Gasteiger partial charge in [-0.25, -0.2) is 13.9 Å². The van der Waals surface area contributed by atoms with Crippen molar-refractivity contribution >= 4 is 21.3 Å². The van der Waals surface area contributed by atoms with Crippen LogP contribution in [0.4, 0.5) is 0 Å². The Morgan fingerprint density at radius 3 is 2.41 bits per heavy atom. The van der Waals surface area contributed by atoms with E-state index in [1.54, 1.807) is 12.5 Å². The Balaban J connectivity index is 1.62. The van der Waals surface area contributed by atoms with Crippen molar-refractivity contribution in [1.29, 1.82) is 0 Å². The maximum absolute atomic E-state index is 12.1. The average Bonchev–Trinajstić information content (AvgIpc) is 3.26. The van der Waals surface area contributed by atoms with Crippen LogP contribution in [0, 0.1) is 0 Å². The molecule has 29 heavy (non-hydrogen) atoms. The van der Waals surface area contributed by atoms with Crippen LogP contribution in [0.1, 0.15) is 25.3 Å². The molecule has 0 radical (unpaired) electrons. The van der Waals surface area contributed by atoms with Crippen molar-refractivity contribution < 1.29 is 22.8 Å². The first kappa shape index (κ1) is 21.3. The lowest BCUT2D eigenvalue weighted by molar-refractivity contribution is -0.131. The monoisotopic (exact) mass is 418 g/mol. The van der Waals surface area contributed by atoms with Gasteiger partial charge in [-0.15, -0.1) is 0 Å². The molecular weight excluding hydrogens is 392 g/mol. The number of furan rings is 1. The summed E-state index contributed by atoms with van der Waals surface area (Å²) < 4.78 is 27.6. The molecule has 156 valence electrons. The Bertz CT molecular complexity index is 981. The number of carbonyl (C=O) groups excluding carboxylic acids is 1. The number of hydrogen-bond acceptors (Lipinski definition) is 6. The molecule has 1 aromatic carbocycles. The van der Waals surface area contributed by atoms with Gasteiger partial charge in [-0.3, -0.25) is 14.9 Å². The zero-order valence-corrected chi connectivity index (χ0v) is 17.4. The van der Waals surface area contributed by atoms with Crippen LogP contribution in [0.2, 0.25) is 0 Å². The number of rotatable bonds is 7. The molecule has 1 unspecified atom stereocenters. The number of carbonyl (C=O) groups is 1. The molecule has 2 heterocycles. The van der Waals surface area contributed by atoms with Crippen molar-refractivity contribution in [3.63, 3.8) is 0 Å². The Kier molecular flexibility index (Phi) is 6.26. The quantitative estimate of drug-likeness (QED) is 0.530. The van der Waals surface area contributed by atoms with Crippen LogP contribution in [-0.4, -0.2) is 55.1 Å². The highest BCUT2D eigenvalue weighted by molar-refractivity contribution is 7.92. The van der Waals surface area contributed by atoms with E-state index in [0.29, 0.717) is 13.1 Å². The summed E-state index contributed by atoms with van der Waals surface area (Å²) in [6.45, 7) is 3.25. The minimum absolute atomic E-state index is 0.112. The van der Waals surface area contributed by atoms with E-state index in [9.17, 15) is 13.2 Å². The number of amides is 1. The number of sulfone groups is 1. The third kappa shape index (κ3) is 4.60. The molecule has 0 saturated heterocycles. The van der Waals surface area contributed by atoms with E-state index in [-0.39, 0.29) is 6.42 Å². The summed E-state index contributed by atoms with van der Waals surface area (Å²) in [6, 6.07) is 10.2. The lowest BCUT2D eigenvalue weighted by Crippen LogP contribution is -2.51. The third-order valence-electron chi connectivity index (χ3n) is 5.71. The molecule has 0 spiro atoms. The van der Waals surface area contributed by atoms with E-state index >= 15 is 0 Å². The van der Waals surface area contributed by atoms with Gasteiger partial charge in [0.2, 0.25) is 0 Å². The molecular formula is C21H26N2O5S. The molecule has 1 amide bonds. The van der Waals surface area contributed by atoms with Crippen LogP contribution in [0.15, 0.2) is 53.4 Å². The second-order valence-electron chi connectivity index (χ2n) is 7.56. The highest BCUT2D eigenvalue weighted by atomic mass is 32.2. The Labute approximate surface area is 170 Å². The molecule has 1 aliphatic heterocycles. The predicted molar refractivity (Wildman–Crippen MR) is 111 cm³/mol. The van der Waals surface area contributed by atoms with E-state index < -0.39 is 20.5 Å². The molecule has 2 aromatic rings. The second kappa shape index (κ2) is 8.52. The topological polar surface area (TPSA) is 99.8 Å². The van der Waals surface area contributed by atoms with Gasteiger partial charge in [0.05, 0.1) is 12.5 Å². The zero-order valence-electron chi connectivity index (χ0n) is 16.6. The molecule has 1 aliphatic rings. The average molecular weight is 419 g/mol. The van der Waals surface area contributed by atoms with Crippen LogP contribution in [0.3, 0.4) is 0 Å². The van der Waals surface area contributed by atoms with E-state index in [0.717, 1.165) is 35.9 Å². The lowest BCUT2D eigenvalue weighted by atomic mass is 9.97. The van der Waals surface area contributed by atoms with Gasteiger partial charge in [0, 0.05) is 31.5 Å². The van der Waals surface area contributed by atoms with Gasteiger partial charge >= 0.3 is 0 Å². The zero-order chi connectivity index (χ0) is 21.1. The molecule has 0 fully saturated rings. The minimum atomic E-state index is -3.67. The van der Waals surface area contributed by atoms with Gasteiger partial charge in [0.25, 0.3) is 5.91 Å². The fourth-order valence-corrected chi connectivity index (χ4v) is 4.28. The number of nitrogens with one attached hydrogen (secondary N) is 1. The first-order valence-electron chi connectivity index (χ1n) is 9.43. The maximum Gasteiger partial charge on any atom is 0.264 e. The van der Waals surface area contributed by atoms with Gasteiger partial charge in [-0.2, -0.15) is 0 Å². The molecule has 7 nitrogen and oxygen atoms in total. The third-order valence-corrected chi connectivity index (χ3v) is 7.74. The van der Waals surface area contributed by atoms with Crippen molar-refractivity contribution in [3.8, 4) is 11.1 Å². The summed E-state index contributed by atoms with van der Waals surface area (Å²) in [6.07, 6.45) is 7.48. The van der Waals surface area contributed by atoms with Crippen molar-refractivity contribution in [1.82, 2.24) is 10.4 Å². The number of benzene rings is 1. The molecule has 0 saturated carbocycles. The summed E-state index contributed by atoms with van der Waals surface area (Å²) >= 11 is 0. The van der Waals surface area contributed by atoms with E-state index in [2.05, 4.69) is 35.2 Å². The van der Waals surface area contributed by atoms with Crippen molar-refractivity contribution in [2.24, 2.45) is 0 Å². The molecule has 1 atom stereocenters. The van der Waals surface area contributed by atoms with E-state index in [1.165, 1.54) is 18.0 Å². The maximum atomic E-state index is 12.1. The molecule has 0 bridgehead atoms. The smallest absolute Gasteiger partial charge is 0.264 e. The largest absolute Gasteiger partial charge is 0.472 e. The van der Waals surface area contributed by atoms with Crippen LogP contribution < -0.4 is 5.48 Å². The SMILES string of the molecule is CC(CCN1CC=C(c2ccc(-c3ccoc3)cc2)CC1)(C(=O)NO)S(C)(=O)=O. The Hall–Kier alpha value is -2.42. The fourth-order valence-electron chi connectivity index (χ4n) is 3.44. The highest BCUT2D eigenvalue weighted by Crippen LogP contribution is 2.27. The number of hydrogen-bond donors (Lipinski definition) is 2. The van der Waals surface area contributed by atoms with Crippen molar-refractivity contribution in [3.05, 3.63) is 54.5 Å². The van der Waals surface area contributed by atoms with Gasteiger partial charge in [0.15, 0.2) is 14.6 Å². The summed E-state index contributed by atoms with van der Waals surface area (Å²) in [4.78, 5) is 14.0. The summed E-state index contributed by atoms with van der Waals surface area (Å²) in [5.41, 5.74) is 6.04. The first-order chi connectivity index (χ1) is 13.7. The van der Waals surface area contributed by atoms with Crippen LogP contribution in [0.5, 0.6) is 0 Å². The first-order valence-corrected chi connectivity index (χ1v) is 11.3. The van der Waals surface area contributed by atoms with Crippen LogP contribution in [0.25, 0.3) is 16.7 Å². The van der Waals surface area contributed by atoms with E-state index in [4.69, 9.17) is 9.62 Å². The van der Waals surface area contributed by atoms with Crippen LogP contribution >= 0.6 is 0 Å². The minimum Gasteiger partial charge on any atom is -0.472 e. The second-order valence-corrected chi connectivity index (χ2v) is 10.0. The molecule has 0 aliphatic carbocycles. The number of nitrogens with zero attached hydrogens (tertiary/aromatic N) is 1. The molecule has 3 rings (SSSR count). The molecule has 2 N–H and O–H groups in total. The van der Waals surface area contributed by atoms with Crippen LogP contribution in [-0.2, 0) is 14.6 Å². The van der Waals surface area contributed by atoms with Gasteiger partial charge < -0.3 is 4.42 Å². The van der Waals surface area contributed by atoms with Gasteiger partial charge in [-0.05, 0) is 42.5 Å². The Morgan fingerprint density at radius 2 is 1.90 bits per heavy atom. The highest BCUT2D eigenvalue weighted by Gasteiger charge is 2.43. The lowest BCUT2D eigenvalue weighted by Gasteiger charge is -2.31. The van der Waals surface area contributed by atoms with E-state index in [1.807, 2.05) is 6.07 Å². The number of hydroxylamine groups is 1. The van der Waals surface area contributed by atoms with Crippen molar-refractivity contribution in [2.45, 2.75) is 24.5 Å². The van der Waals surface area contributed by atoms with Crippen molar-refractivity contribution in [2.75, 3.05) is 25.9 Å². The predicted octanol–water partition coefficient (Wildman–Crippen LogP) is 2.73. The summed E-state index contributed by atoms with van der Waals surface area (Å²) in [5, 5.41) is 8.92. The van der Waals surface area contributed by atoms with Gasteiger partial charge in [0.1, 0.15) is 0 Å². The fraction of sp³-hybridized carbons (Fsp3) is 0.381. The summed E-state index contributed by atoms with van der Waals surface area (Å²) in [5.74, 6) is -0.897.